The van der Waals surface area contributed by atoms with Gasteiger partial charge in [-0.3, -0.25) is 4.90 Å². The predicted octanol–water partition coefficient (Wildman–Crippen LogP) is 2.08. The molecule has 0 unspecified atom stereocenters. The Hall–Kier alpha value is -1.73. The molecular weight excluding hydrogens is 296 g/mol. The Balaban J connectivity index is 1.50. The van der Waals surface area contributed by atoms with Gasteiger partial charge in [0.15, 0.2) is 0 Å². The molecule has 1 saturated heterocycles. The highest BCUT2D eigenvalue weighted by molar-refractivity contribution is 7.03. The highest BCUT2D eigenvalue weighted by Gasteiger charge is 2.19. The molecule has 0 radical (unpaired) electrons. The van der Waals surface area contributed by atoms with Crippen molar-refractivity contribution in [3.63, 3.8) is 0 Å². The average molecular weight is 318 g/mol. The van der Waals surface area contributed by atoms with Gasteiger partial charge in [0.25, 0.3) is 0 Å². The zero-order chi connectivity index (χ0) is 15.4. The van der Waals surface area contributed by atoms with Crippen LogP contribution in [0.3, 0.4) is 0 Å². The van der Waals surface area contributed by atoms with Crippen LogP contribution in [0.15, 0.2) is 24.0 Å². The van der Waals surface area contributed by atoms with E-state index in [0.29, 0.717) is 6.04 Å². The molecule has 0 saturated carbocycles. The Bertz CT molecular complexity index is 577. The molecule has 0 aliphatic carbocycles. The van der Waals surface area contributed by atoms with E-state index in [1.54, 1.807) is 6.33 Å². The van der Waals surface area contributed by atoms with Crippen LogP contribution in [0.5, 0.6) is 0 Å². The first kappa shape index (κ1) is 15.2. The van der Waals surface area contributed by atoms with E-state index in [2.05, 4.69) is 29.9 Å². The average Bonchev–Trinajstić information content (AvgIpc) is 3.02. The summed E-state index contributed by atoms with van der Waals surface area (Å²) in [5.41, 5.74) is 1.32. The number of nitrogens with zero attached hydrogens (tertiary/aromatic N) is 5. The summed E-state index contributed by atoms with van der Waals surface area (Å²) in [6, 6.07) is 2.49. The van der Waals surface area contributed by atoms with Crippen LogP contribution in [0, 0.1) is 0 Å². The van der Waals surface area contributed by atoms with Crippen molar-refractivity contribution in [2.45, 2.75) is 25.4 Å². The summed E-state index contributed by atoms with van der Waals surface area (Å²) < 4.78 is 4.17. The second-order valence-electron chi connectivity index (χ2n) is 5.88. The smallest absolute Gasteiger partial charge is 0.133 e. The Morgan fingerprint density at radius 3 is 2.82 bits per heavy atom. The van der Waals surface area contributed by atoms with Gasteiger partial charge in [0.05, 0.1) is 0 Å². The highest BCUT2D eigenvalue weighted by Crippen LogP contribution is 2.19. The topological polar surface area (TPSA) is 57.2 Å². The molecule has 0 atom stereocenters. The van der Waals surface area contributed by atoms with Gasteiger partial charge in [0, 0.05) is 57.4 Å². The quantitative estimate of drug-likeness (QED) is 0.911. The summed E-state index contributed by atoms with van der Waals surface area (Å²) in [7, 11) is 3.98. The van der Waals surface area contributed by atoms with Crippen molar-refractivity contribution in [1.29, 1.82) is 0 Å². The highest BCUT2D eigenvalue weighted by atomic mass is 32.1. The normalized spacial score (nSPS) is 16.6. The van der Waals surface area contributed by atoms with Crippen LogP contribution >= 0.6 is 11.5 Å². The minimum Gasteiger partial charge on any atom is -0.367 e. The molecule has 22 heavy (non-hydrogen) atoms. The maximum Gasteiger partial charge on any atom is 0.133 e. The van der Waals surface area contributed by atoms with Crippen molar-refractivity contribution in [1.82, 2.24) is 19.2 Å². The van der Waals surface area contributed by atoms with Crippen molar-refractivity contribution in [2.24, 2.45) is 0 Å². The third-order valence-electron chi connectivity index (χ3n) is 3.94. The maximum atomic E-state index is 4.33. The summed E-state index contributed by atoms with van der Waals surface area (Å²) in [6.07, 6.45) is 5.87. The third kappa shape index (κ3) is 3.92. The minimum atomic E-state index is 0.488. The minimum absolute atomic E-state index is 0.488. The Morgan fingerprint density at radius 2 is 2.14 bits per heavy atom. The lowest BCUT2D eigenvalue weighted by molar-refractivity contribution is 0.211. The summed E-state index contributed by atoms with van der Waals surface area (Å²) >= 11 is 1.53. The fraction of sp³-hybridized carbons (Fsp3) is 0.533. The number of likely N-dealkylation sites (tertiary alicyclic amines) is 1. The van der Waals surface area contributed by atoms with Crippen LogP contribution in [0.4, 0.5) is 11.6 Å². The summed E-state index contributed by atoms with van der Waals surface area (Å²) in [6.45, 7) is 3.24. The van der Waals surface area contributed by atoms with E-state index in [0.717, 1.165) is 44.1 Å². The van der Waals surface area contributed by atoms with E-state index in [1.165, 1.54) is 17.1 Å². The van der Waals surface area contributed by atoms with Crippen molar-refractivity contribution < 1.29 is 0 Å². The number of aromatic nitrogens is 3. The maximum absolute atomic E-state index is 4.33. The number of hydrogen-bond donors (Lipinski definition) is 1. The molecule has 0 amide bonds. The third-order valence-corrected chi connectivity index (χ3v) is 4.58. The van der Waals surface area contributed by atoms with Gasteiger partial charge in [-0.05, 0) is 29.9 Å². The monoisotopic (exact) mass is 318 g/mol. The van der Waals surface area contributed by atoms with E-state index in [4.69, 9.17) is 0 Å². The lowest BCUT2D eigenvalue weighted by Crippen LogP contribution is -2.38. The van der Waals surface area contributed by atoms with E-state index < -0.39 is 0 Å². The molecule has 3 heterocycles. The van der Waals surface area contributed by atoms with Gasteiger partial charge in [-0.25, -0.2) is 14.3 Å². The molecule has 3 rings (SSSR count). The van der Waals surface area contributed by atoms with E-state index >= 15 is 0 Å². The number of piperidine rings is 1. The predicted molar refractivity (Wildman–Crippen MR) is 90.4 cm³/mol. The summed E-state index contributed by atoms with van der Waals surface area (Å²) in [5, 5.41) is 5.67. The number of nitrogens with one attached hydrogen (secondary N) is 1. The van der Waals surface area contributed by atoms with Crippen LogP contribution in [0.25, 0.3) is 0 Å². The molecule has 7 heteroatoms. The largest absolute Gasteiger partial charge is 0.367 e. The zero-order valence-electron chi connectivity index (χ0n) is 13.1. The van der Waals surface area contributed by atoms with Crippen molar-refractivity contribution in [3.05, 3.63) is 29.5 Å². The van der Waals surface area contributed by atoms with Crippen LogP contribution in [-0.4, -0.2) is 52.5 Å². The molecule has 6 nitrogen and oxygen atoms in total. The molecule has 0 spiro atoms. The van der Waals surface area contributed by atoms with Gasteiger partial charge in [0.1, 0.15) is 18.0 Å². The first-order chi connectivity index (χ1) is 10.7. The molecule has 1 aliphatic heterocycles. The van der Waals surface area contributed by atoms with Crippen LogP contribution < -0.4 is 10.2 Å². The van der Waals surface area contributed by atoms with E-state index in [-0.39, 0.29) is 0 Å². The molecule has 0 bridgehead atoms. The van der Waals surface area contributed by atoms with E-state index in [1.807, 2.05) is 31.3 Å². The first-order valence-corrected chi connectivity index (χ1v) is 8.41. The van der Waals surface area contributed by atoms with Gasteiger partial charge in [0.2, 0.25) is 0 Å². The van der Waals surface area contributed by atoms with Gasteiger partial charge in [-0.2, -0.15) is 0 Å². The molecule has 1 aliphatic rings. The number of anilines is 2. The molecule has 2 aromatic heterocycles. The number of rotatable bonds is 5. The fourth-order valence-corrected chi connectivity index (χ4v) is 3.21. The second-order valence-corrected chi connectivity index (χ2v) is 6.54. The van der Waals surface area contributed by atoms with E-state index in [9.17, 15) is 0 Å². The SMILES string of the molecule is CN(C)c1cc(NC2CCN(Cc3cnsc3)CC2)ncn1. The molecule has 1 N–H and O–H groups in total. The van der Waals surface area contributed by atoms with Crippen molar-refractivity contribution in [2.75, 3.05) is 37.4 Å². The Morgan fingerprint density at radius 1 is 1.32 bits per heavy atom. The van der Waals surface area contributed by atoms with Gasteiger partial charge >= 0.3 is 0 Å². The van der Waals surface area contributed by atoms with Crippen LogP contribution in [0.1, 0.15) is 18.4 Å². The first-order valence-electron chi connectivity index (χ1n) is 7.57. The van der Waals surface area contributed by atoms with Crippen LogP contribution in [-0.2, 0) is 6.54 Å². The van der Waals surface area contributed by atoms with Gasteiger partial charge in [-0.15, -0.1) is 0 Å². The standard InChI is InChI=1S/C15H22N6S/c1-20(2)15-7-14(16-11-17-15)19-13-3-5-21(6-4-13)9-12-8-18-22-10-12/h7-8,10-11,13H,3-6,9H2,1-2H3,(H,16,17,19). The molecule has 2 aromatic rings. The van der Waals surface area contributed by atoms with Crippen molar-refractivity contribution >= 4 is 23.2 Å². The number of hydrogen-bond acceptors (Lipinski definition) is 7. The molecule has 0 aromatic carbocycles. The van der Waals surface area contributed by atoms with Crippen LogP contribution in [0.2, 0.25) is 0 Å². The molecular formula is C15H22N6S. The summed E-state index contributed by atoms with van der Waals surface area (Å²) in [4.78, 5) is 13.1. The molecule has 1 fully saturated rings. The van der Waals surface area contributed by atoms with Gasteiger partial charge < -0.3 is 10.2 Å². The second kappa shape index (κ2) is 7.02. The molecule has 118 valence electrons. The summed E-state index contributed by atoms with van der Waals surface area (Å²) in [5.74, 6) is 1.85. The fourth-order valence-electron chi connectivity index (χ4n) is 2.68. The lowest BCUT2D eigenvalue weighted by Gasteiger charge is -2.32. The lowest BCUT2D eigenvalue weighted by atomic mass is 10.0. The van der Waals surface area contributed by atoms with Crippen molar-refractivity contribution in [3.8, 4) is 0 Å². The Labute approximate surface area is 135 Å². The zero-order valence-corrected chi connectivity index (χ0v) is 13.9. The van der Waals surface area contributed by atoms with Gasteiger partial charge in [-0.1, -0.05) is 0 Å². The Kier molecular flexibility index (Phi) is 4.84.